The normalized spacial score (nSPS) is 15.5. The predicted octanol–water partition coefficient (Wildman–Crippen LogP) is 2.46. The number of benzene rings is 1. The molecule has 2 aromatic rings. The Hall–Kier alpha value is -1.79. The smallest absolute Gasteiger partial charge is 0.230 e. The third-order valence-corrected chi connectivity index (χ3v) is 3.80. The number of aromatic nitrogens is 2. The highest BCUT2D eigenvalue weighted by Crippen LogP contribution is 2.36. The van der Waals surface area contributed by atoms with Crippen molar-refractivity contribution in [2.24, 2.45) is 5.73 Å². The Bertz CT molecular complexity index is 614. The van der Waals surface area contributed by atoms with Crippen LogP contribution in [0.15, 0.2) is 28.8 Å². The van der Waals surface area contributed by atoms with E-state index in [1.165, 1.54) is 0 Å². The van der Waals surface area contributed by atoms with Crippen LogP contribution < -0.4 is 15.2 Å². The van der Waals surface area contributed by atoms with E-state index in [9.17, 15) is 0 Å². The van der Waals surface area contributed by atoms with E-state index in [1.807, 2.05) is 24.3 Å². The van der Waals surface area contributed by atoms with E-state index in [4.69, 9.17) is 19.7 Å². The Labute approximate surface area is 135 Å². The van der Waals surface area contributed by atoms with E-state index in [1.54, 1.807) is 7.11 Å². The van der Waals surface area contributed by atoms with Crippen LogP contribution >= 0.6 is 12.4 Å². The Morgan fingerprint density at radius 1 is 1.27 bits per heavy atom. The van der Waals surface area contributed by atoms with Crippen LogP contribution in [-0.4, -0.2) is 23.9 Å². The number of rotatable bonds is 6. The van der Waals surface area contributed by atoms with E-state index < -0.39 is 0 Å². The van der Waals surface area contributed by atoms with Crippen molar-refractivity contribution < 1.29 is 14.0 Å². The van der Waals surface area contributed by atoms with Crippen LogP contribution in [-0.2, 0) is 12.0 Å². The van der Waals surface area contributed by atoms with Gasteiger partial charge in [0.15, 0.2) is 17.3 Å². The molecule has 22 heavy (non-hydrogen) atoms. The lowest BCUT2D eigenvalue weighted by atomic mass is 9.77. The summed E-state index contributed by atoms with van der Waals surface area (Å²) in [6, 6.07) is 7.52. The molecule has 0 radical (unpaired) electrons. The van der Waals surface area contributed by atoms with Crippen molar-refractivity contribution in [3.05, 3.63) is 36.0 Å². The van der Waals surface area contributed by atoms with Crippen LogP contribution in [0.25, 0.3) is 0 Å². The summed E-state index contributed by atoms with van der Waals surface area (Å²) in [6.45, 7) is 0.444. The Balaban J connectivity index is 0.00000176. The highest BCUT2D eigenvalue weighted by atomic mass is 35.5. The molecule has 0 amide bonds. The Morgan fingerprint density at radius 2 is 2.00 bits per heavy atom. The molecule has 1 aliphatic rings. The average Bonchev–Trinajstić information content (AvgIpc) is 2.94. The maximum Gasteiger partial charge on any atom is 0.230 e. The second-order valence-corrected chi connectivity index (χ2v) is 5.27. The first-order chi connectivity index (χ1) is 10.2. The van der Waals surface area contributed by atoms with Gasteiger partial charge in [0.05, 0.1) is 25.7 Å². The molecular formula is C15H20ClN3O3. The molecule has 1 saturated carbocycles. The van der Waals surface area contributed by atoms with Crippen LogP contribution in [0.2, 0.25) is 0 Å². The molecule has 7 heteroatoms. The van der Waals surface area contributed by atoms with Gasteiger partial charge in [-0.05, 0) is 31.4 Å². The molecule has 1 aliphatic carbocycles. The fourth-order valence-corrected chi connectivity index (χ4v) is 2.33. The lowest BCUT2D eigenvalue weighted by Gasteiger charge is -2.34. The molecule has 2 N–H and O–H groups in total. The summed E-state index contributed by atoms with van der Waals surface area (Å²) in [5.41, 5.74) is 5.78. The minimum Gasteiger partial charge on any atom is -0.493 e. The van der Waals surface area contributed by atoms with Crippen molar-refractivity contribution in [2.75, 3.05) is 13.7 Å². The van der Waals surface area contributed by atoms with Crippen molar-refractivity contribution >= 4 is 12.4 Å². The largest absolute Gasteiger partial charge is 0.493 e. The van der Waals surface area contributed by atoms with Gasteiger partial charge in [0.2, 0.25) is 5.89 Å². The number of hydrogen-bond donors (Lipinski definition) is 1. The highest BCUT2D eigenvalue weighted by Gasteiger charge is 2.38. The van der Waals surface area contributed by atoms with Crippen LogP contribution in [0, 0.1) is 0 Å². The minimum atomic E-state index is -0.384. The molecule has 1 aromatic heterocycles. The zero-order valence-electron chi connectivity index (χ0n) is 12.4. The highest BCUT2D eigenvalue weighted by molar-refractivity contribution is 5.85. The van der Waals surface area contributed by atoms with Crippen molar-refractivity contribution in [3.8, 4) is 11.5 Å². The van der Waals surface area contributed by atoms with E-state index >= 15 is 0 Å². The summed E-state index contributed by atoms with van der Waals surface area (Å²) in [6.07, 6.45) is 3.51. The number of nitrogens with zero attached hydrogens (tertiary/aromatic N) is 2. The lowest BCUT2D eigenvalue weighted by molar-refractivity contribution is 0.228. The minimum absolute atomic E-state index is 0. The second kappa shape index (κ2) is 6.98. The topological polar surface area (TPSA) is 83.4 Å². The predicted molar refractivity (Wildman–Crippen MR) is 83.5 cm³/mol. The van der Waals surface area contributed by atoms with Gasteiger partial charge in [-0.3, -0.25) is 0 Å². The fourth-order valence-electron chi connectivity index (χ4n) is 2.33. The van der Waals surface area contributed by atoms with Gasteiger partial charge in [0.25, 0.3) is 0 Å². The molecule has 0 unspecified atom stereocenters. The van der Waals surface area contributed by atoms with Gasteiger partial charge in [-0.1, -0.05) is 17.3 Å². The first-order valence-corrected chi connectivity index (χ1v) is 7.09. The molecule has 0 bridgehead atoms. The molecule has 0 atom stereocenters. The number of nitrogens with two attached hydrogens (primary N) is 1. The number of para-hydroxylation sites is 2. The zero-order chi connectivity index (χ0) is 14.7. The van der Waals surface area contributed by atoms with Crippen molar-refractivity contribution in [1.82, 2.24) is 10.1 Å². The summed E-state index contributed by atoms with van der Waals surface area (Å²) >= 11 is 0. The maximum atomic E-state index is 6.16. The molecule has 3 rings (SSSR count). The molecular weight excluding hydrogens is 306 g/mol. The zero-order valence-corrected chi connectivity index (χ0v) is 13.3. The van der Waals surface area contributed by atoms with Crippen molar-refractivity contribution in [2.45, 2.75) is 31.2 Å². The van der Waals surface area contributed by atoms with E-state index in [-0.39, 0.29) is 17.9 Å². The number of hydrogen-bond acceptors (Lipinski definition) is 6. The van der Waals surface area contributed by atoms with Gasteiger partial charge in [0.1, 0.15) is 0 Å². The van der Waals surface area contributed by atoms with Crippen molar-refractivity contribution in [3.63, 3.8) is 0 Å². The van der Waals surface area contributed by atoms with Gasteiger partial charge < -0.3 is 19.7 Å². The Morgan fingerprint density at radius 3 is 2.64 bits per heavy atom. The first-order valence-electron chi connectivity index (χ1n) is 7.09. The molecule has 6 nitrogen and oxygen atoms in total. The molecule has 120 valence electrons. The third kappa shape index (κ3) is 3.34. The van der Waals surface area contributed by atoms with Gasteiger partial charge in [-0.2, -0.15) is 4.98 Å². The van der Waals surface area contributed by atoms with Gasteiger partial charge in [-0.15, -0.1) is 12.4 Å². The van der Waals surface area contributed by atoms with Crippen LogP contribution in [0.1, 0.15) is 31.0 Å². The summed E-state index contributed by atoms with van der Waals surface area (Å²) < 4.78 is 16.1. The van der Waals surface area contributed by atoms with Crippen LogP contribution in [0.3, 0.4) is 0 Å². The third-order valence-electron chi connectivity index (χ3n) is 3.80. The lowest BCUT2D eigenvalue weighted by Crippen LogP contribution is -2.44. The van der Waals surface area contributed by atoms with Crippen LogP contribution in [0.4, 0.5) is 0 Å². The SMILES string of the molecule is COc1ccccc1OCCc1nc(C2(N)CCC2)no1.Cl. The molecule has 0 spiro atoms. The second-order valence-electron chi connectivity index (χ2n) is 5.27. The van der Waals surface area contributed by atoms with Crippen molar-refractivity contribution in [1.29, 1.82) is 0 Å². The summed E-state index contributed by atoms with van der Waals surface area (Å²) in [5.74, 6) is 2.57. The Kier molecular flexibility index (Phi) is 5.26. The molecule has 1 heterocycles. The first kappa shape index (κ1) is 16.6. The summed E-state index contributed by atoms with van der Waals surface area (Å²) in [7, 11) is 1.62. The number of ether oxygens (including phenoxy) is 2. The number of methoxy groups -OCH3 is 1. The summed E-state index contributed by atoms with van der Waals surface area (Å²) in [5, 5.41) is 3.98. The summed E-state index contributed by atoms with van der Waals surface area (Å²) in [4.78, 5) is 4.36. The molecule has 1 aromatic carbocycles. The fraction of sp³-hybridized carbons (Fsp3) is 0.467. The monoisotopic (exact) mass is 325 g/mol. The van der Waals surface area contributed by atoms with E-state index in [0.717, 1.165) is 19.3 Å². The van der Waals surface area contributed by atoms with Gasteiger partial charge in [0, 0.05) is 0 Å². The average molecular weight is 326 g/mol. The van der Waals surface area contributed by atoms with Gasteiger partial charge >= 0.3 is 0 Å². The maximum absolute atomic E-state index is 6.16. The van der Waals surface area contributed by atoms with Gasteiger partial charge in [-0.25, -0.2) is 0 Å². The molecule has 0 saturated heterocycles. The number of halogens is 1. The molecule has 0 aliphatic heterocycles. The van der Waals surface area contributed by atoms with Crippen LogP contribution in [0.5, 0.6) is 11.5 Å². The quantitative estimate of drug-likeness (QED) is 0.878. The molecule has 1 fully saturated rings. The van der Waals surface area contributed by atoms with E-state index in [2.05, 4.69) is 10.1 Å². The van der Waals surface area contributed by atoms with E-state index in [0.29, 0.717) is 36.2 Å². The standard InChI is InChI=1S/C15H19N3O3.ClH/c1-19-11-5-2-3-6-12(11)20-10-7-13-17-14(18-21-13)15(16)8-4-9-15;/h2-3,5-6H,4,7-10,16H2,1H3;1H.